The van der Waals surface area contributed by atoms with E-state index in [2.05, 4.69) is 15.1 Å². The van der Waals surface area contributed by atoms with Crippen molar-refractivity contribution in [2.45, 2.75) is 32.1 Å². The summed E-state index contributed by atoms with van der Waals surface area (Å²) in [4.78, 5) is 26.5. The van der Waals surface area contributed by atoms with Gasteiger partial charge in [0.05, 0.1) is 26.1 Å². The molecule has 0 aromatic heterocycles. The molecule has 0 aliphatic heterocycles. The van der Waals surface area contributed by atoms with Crippen molar-refractivity contribution >= 4 is 23.6 Å². The van der Waals surface area contributed by atoms with E-state index in [-0.39, 0.29) is 24.5 Å². The number of rotatable bonds is 14. The van der Waals surface area contributed by atoms with Crippen LogP contribution < -0.4 is 20.9 Å². The van der Waals surface area contributed by atoms with Gasteiger partial charge in [-0.1, -0.05) is 34.6 Å². The molecular weight excluding hydrogens is 444 g/mol. The second-order valence-electron chi connectivity index (χ2n) is 7.13. The van der Waals surface area contributed by atoms with Gasteiger partial charge in [-0.3, -0.25) is 4.79 Å². The summed E-state index contributed by atoms with van der Waals surface area (Å²) in [6.07, 6.45) is 1.88. The Morgan fingerprint density at radius 1 is 0.824 bits per heavy atom. The Kier molecular flexibility index (Phi) is 10.7. The van der Waals surface area contributed by atoms with Crippen LogP contribution in [0.15, 0.2) is 58.8 Å². The molecular formula is C23H28N4O7. The van der Waals surface area contributed by atoms with E-state index in [4.69, 9.17) is 31.3 Å². The molecule has 11 heteroatoms. The van der Waals surface area contributed by atoms with Crippen LogP contribution >= 0.6 is 0 Å². The van der Waals surface area contributed by atoms with Crippen LogP contribution in [0.3, 0.4) is 0 Å². The predicted molar refractivity (Wildman–Crippen MR) is 124 cm³/mol. The van der Waals surface area contributed by atoms with E-state index in [1.807, 2.05) is 0 Å². The molecule has 0 heterocycles. The summed E-state index contributed by atoms with van der Waals surface area (Å²) in [6.45, 7) is 1.01. The molecule has 0 bridgehead atoms. The molecule has 6 N–H and O–H groups in total. The van der Waals surface area contributed by atoms with Gasteiger partial charge in [0.1, 0.15) is 11.5 Å². The van der Waals surface area contributed by atoms with Gasteiger partial charge >= 0.3 is 11.9 Å². The predicted octanol–water partition coefficient (Wildman–Crippen LogP) is 2.44. The molecule has 0 spiro atoms. The van der Waals surface area contributed by atoms with Crippen molar-refractivity contribution < 1.29 is 34.2 Å². The normalized spacial score (nSPS) is 11.6. The van der Waals surface area contributed by atoms with Gasteiger partial charge < -0.3 is 36.1 Å². The Bertz CT molecular complexity index is 1020. The van der Waals surface area contributed by atoms with Crippen LogP contribution in [0.2, 0.25) is 0 Å². The van der Waals surface area contributed by atoms with Gasteiger partial charge in [0, 0.05) is 11.1 Å². The Morgan fingerprint density at radius 2 is 1.38 bits per heavy atom. The number of unbranched alkanes of at least 4 members (excludes halogenated alkanes) is 2. The fourth-order valence-electron chi connectivity index (χ4n) is 2.72. The zero-order valence-corrected chi connectivity index (χ0v) is 18.6. The highest BCUT2D eigenvalue weighted by molar-refractivity contribution is 5.98. The monoisotopic (exact) mass is 472 g/mol. The molecule has 0 saturated heterocycles. The number of nitrogens with zero attached hydrogens (tertiary/aromatic N) is 2. The lowest BCUT2D eigenvalue weighted by molar-refractivity contribution is -0.147. The zero-order valence-electron chi connectivity index (χ0n) is 18.6. The molecule has 0 fully saturated rings. The number of ether oxygens (including phenoxy) is 2. The third-order valence-corrected chi connectivity index (χ3v) is 4.48. The maximum Gasteiger partial charge on any atom is 0.335 e. The second-order valence-corrected chi connectivity index (χ2v) is 7.13. The van der Waals surface area contributed by atoms with Crippen LogP contribution in [0.25, 0.3) is 0 Å². The van der Waals surface area contributed by atoms with Gasteiger partial charge in [0.2, 0.25) is 0 Å². The van der Waals surface area contributed by atoms with E-state index in [9.17, 15) is 9.59 Å². The van der Waals surface area contributed by atoms with Gasteiger partial charge in [-0.25, -0.2) is 4.79 Å². The SMILES string of the molecule is N/C(=N\O)c1cccc(OCCCCCOc2cccc(/C(N)=N/OC(=O)CCC(=O)O)c2)c1. The van der Waals surface area contributed by atoms with Gasteiger partial charge in [-0.15, -0.1) is 0 Å². The van der Waals surface area contributed by atoms with E-state index in [1.165, 1.54) is 0 Å². The van der Waals surface area contributed by atoms with Crippen molar-refractivity contribution in [3.63, 3.8) is 0 Å². The smallest absolute Gasteiger partial charge is 0.335 e. The molecule has 0 amide bonds. The number of aliphatic carboxylic acids is 1. The maximum absolute atomic E-state index is 11.4. The number of oxime groups is 2. The average Bonchev–Trinajstić information content (AvgIpc) is 2.85. The molecule has 0 radical (unpaired) electrons. The van der Waals surface area contributed by atoms with Crippen LogP contribution in [-0.2, 0) is 14.4 Å². The van der Waals surface area contributed by atoms with Gasteiger partial charge in [0.15, 0.2) is 11.7 Å². The topological polar surface area (TPSA) is 179 Å². The molecule has 11 nitrogen and oxygen atoms in total. The number of carbonyl (C=O) groups is 2. The van der Waals surface area contributed by atoms with Crippen LogP contribution in [0.4, 0.5) is 0 Å². The van der Waals surface area contributed by atoms with Gasteiger partial charge in [-0.05, 0) is 43.5 Å². The van der Waals surface area contributed by atoms with Crippen molar-refractivity contribution in [2.75, 3.05) is 13.2 Å². The molecule has 2 rings (SSSR count). The number of carboxylic acid groups (broad SMARTS) is 1. The highest BCUT2D eigenvalue weighted by Gasteiger charge is 2.08. The summed E-state index contributed by atoms with van der Waals surface area (Å²) in [5, 5.41) is 23.8. The highest BCUT2D eigenvalue weighted by Crippen LogP contribution is 2.15. The quantitative estimate of drug-likeness (QED) is 0.0802. The molecule has 2 aromatic rings. The standard InChI is InChI=1S/C23H28N4O7/c24-22(26-31)16-6-4-8-18(14-16)32-12-2-1-3-13-33-19-9-5-7-17(15-19)23(25)27-34-21(30)11-10-20(28)29/h4-9,14-15,31H,1-3,10-13H2,(H2,24,26)(H2,25,27)(H,28,29). The highest BCUT2D eigenvalue weighted by atomic mass is 16.7. The first kappa shape index (κ1) is 26.0. The summed E-state index contributed by atoms with van der Waals surface area (Å²) >= 11 is 0. The zero-order chi connectivity index (χ0) is 24.8. The van der Waals surface area contributed by atoms with E-state index in [0.29, 0.717) is 35.8 Å². The van der Waals surface area contributed by atoms with Crippen molar-refractivity contribution in [3.8, 4) is 11.5 Å². The number of hydrogen-bond donors (Lipinski definition) is 4. The lowest BCUT2D eigenvalue weighted by atomic mass is 10.2. The molecule has 2 aromatic carbocycles. The second kappa shape index (κ2) is 14.0. The van der Waals surface area contributed by atoms with Gasteiger partial charge in [0.25, 0.3) is 0 Å². The minimum absolute atomic E-state index is 0.0245. The van der Waals surface area contributed by atoms with E-state index >= 15 is 0 Å². The number of carbonyl (C=O) groups excluding carboxylic acids is 1. The number of carboxylic acids is 1. The molecule has 0 saturated carbocycles. The summed E-state index contributed by atoms with van der Waals surface area (Å²) < 4.78 is 11.4. The summed E-state index contributed by atoms with van der Waals surface area (Å²) in [5.41, 5.74) is 12.5. The average molecular weight is 472 g/mol. The molecule has 0 atom stereocenters. The molecule has 34 heavy (non-hydrogen) atoms. The van der Waals surface area contributed by atoms with Crippen molar-refractivity contribution in [1.82, 2.24) is 0 Å². The first-order valence-corrected chi connectivity index (χ1v) is 10.6. The molecule has 182 valence electrons. The summed E-state index contributed by atoms with van der Waals surface area (Å²) in [6, 6.07) is 13.9. The summed E-state index contributed by atoms with van der Waals surface area (Å²) in [7, 11) is 0. The van der Waals surface area contributed by atoms with Crippen molar-refractivity contribution in [3.05, 3.63) is 59.7 Å². The van der Waals surface area contributed by atoms with Crippen LogP contribution in [0.5, 0.6) is 11.5 Å². The Hall–Kier alpha value is -4.28. The lowest BCUT2D eigenvalue weighted by Crippen LogP contribution is -2.15. The van der Waals surface area contributed by atoms with E-state index < -0.39 is 11.9 Å². The molecule has 0 aliphatic rings. The Morgan fingerprint density at radius 3 is 1.91 bits per heavy atom. The Balaban J connectivity index is 1.69. The van der Waals surface area contributed by atoms with E-state index in [1.54, 1.807) is 48.5 Å². The van der Waals surface area contributed by atoms with Crippen molar-refractivity contribution in [2.24, 2.45) is 21.8 Å². The molecule has 0 unspecified atom stereocenters. The maximum atomic E-state index is 11.4. The molecule has 0 aliphatic carbocycles. The first-order chi connectivity index (χ1) is 16.4. The number of hydrogen-bond acceptors (Lipinski definition) is 8. The third kappa shape index (κ3) is 9.47. The van der Waals surface area contributed by atoms with Gasteiger partial charge in [-0.2, -0.15) is 0 Å². The third-order valence-electron chi connectivity index (χ3n) is 4.48. The number of benzene rings is 2. The lowest BCUT2D eigenvalue weighted by Gasteiger charge is -2.09. The Labute approximate surface area is 196 Å². The van der Waals surface area contributed by atoms with Crippen molar-refractivity contribution in [1.29, 1.82) is 0 Å². The van der Waals surface area contributed by atoms with Crippen LogP contribution in [-0.4, -0.2) is 47.1 Å². The van der Waals surface area contributed by atoms with Crippen LogP contribution in [0, 0.1) is 0 Å². The largest absolute Gasteiger partial charge is 0.494 e. The van der Waals surface area contributed by atoms with E-state index in [0.717, 1.165) is 19.3 Å². The minimum atomic E-state index is -1.10. The minimum Gasteiger partial charge on any atom is -0.494 e. The number of nitrogens with two attached hydrogens (primary N) is 2. The fraction of sp³-hybridized carbons (Fsp3) is 0.304. The number of amidine groups is 2. The fourth-order valence-corrected chi connectivity index (χ4v) is 2.72. The summed E-state index contributed by atoms with van der Waals surface area (Å²) in [5.74, 6) is -0.652. The van der Waals surface area contributed by atoms with Crippen LogP contribution in [0.1, 0.15) is 43.2 Å². The first-order valence-electron chi connectivity index (χ1n) is 10.6.